The van der Waals surface area contributed by atoms with E-state index in [-0.39, 0.29) is 36.9 Å². The van der Waals surface area contributed by atoms with Gasteiger partial charge in [0.25, 0.3) is 5.91 Å². The minimum Gasteiger partial charge on any atom is -0.497 e. The molecule has 0 spiro atoms. The lowest BCUT2D eigenvalue weighted by Crippen LogP contribution is -2.31. The summed E-state index contributed by atoms with van der Waals surface area (Å²) >= 11 is 0. The Labute approximate surface area is 177 Å². The van der Waals surface area contributed by atoms with Crippen LogP contribution in [0.5, 0.6) is 5.75 Å². The molecule has 0 atom stereocenters. The molecule has 1 aromatic heterocycles. The maximum atomic E-state index is 12.7. The molecule has 2 aromatic carbocycles. The fourth-order valence-corrected chi connectivity index (χ4v) is 3.38. The zero-order valence-corrected chi connectivity index (χ0v) is 17.0. The summed E-state index contributed by atoms with van der Waals surface area (Å²) in [5.41, 5.74) is 2.82. The quantitative estimate of drug-likeness (QED) is 0.556. The number of carbonyl (C=O) groups is 2. The average molecular weight is 423 g/mol. The molecule has 0 aliphatic carbocycles. The summed E-state index contributed by atoms with van der Waals surface area (Å²) in [4.78, 5) is 30.7. The molecule has 2 heterocycles. The van der Waals surface area contributed by atoms with Crippen LogP contribution in [0.2, 0.25) is 0 Å². The van der Waals surface area contributed by atoms with Gasteiger partial charge in [-0.05, 0) is 36.4 Å². The van der Waals surface area contributed by atoms with Crippen LogP contribution in [0, 0.1) is 0 Å². The van der Waals surface area contributed by atoms with Gasteiger partial charge in [-0.2, -0.15) is 0 Å². The van der Waals surface area contributed by atoms with Gasteiger partial charge in [-0.25, -0.2) is 9.78 Å². The molecule has 9 nitrogen and oxygen atoms in total. The van der Waals surface area contributed by atoms with E-state index in [0.29, 0.717) is 28.4 Å². The van der Waals surface area contributed by atoms with Gasteiger partial charge in [-0.15, -0.1) is 0 Å². The van der Waals surface area contributed by atoms with Gasteiger partial charge in [0.1, 0.15) is 17.0 Å². The van der Waals surface area contributed by atoms with Crippen LogP contribution in [0.1, 0.15) is 0 Å². The lowest BCUT2D eigenvalue weighted by molar-refractivity contribution is -0.136. The highest BCUT2D eigenvalue weighted by molar-refractivity contribution is 6.08. The predicted molar refractivity (Wildman–Crippen MR) is 112 cm³/mol. The van der Waals surface area contributed by atoms with Gasteiger partial charge in [0.2, 0.25) is 5.89 Å². The second-order valence-electron chi connectivity index (χ2n) is 6.85. The van der Waals surface area contributed by atoms with Gasteiger partial charge in [0.15, 0.2) is 5.58 Å². The number of carbonyl (C=O) groups excluding carboxylic acids is 2. The van der Waals surface area contributed by atoms with Gasteiger partial charge in [-0.1, -0.05) is 6.07 Å². The number of ether oxygens (including phenoxy) is 2. The zero-order chi connectivity index (χ0) is 22.0. The van der Waals surface area contributed by atoms with Crippen molar-refractivity contribution in [3.63, 3.8) is 0 Å². The van der Waals surface area contributed by atoms with Crippen LogP contribution in [-0.4, -0.2) is 60.8 Å². The van der Waals surface area contributed by atoms with Gasteiger partial charge < -0.3 is 29.2 Å². The fraction of sp³-hybridized carbons (Fsp3) is 0.227. The Kier molecular flexibility index (Phi) is 5.59. The van der Waals surface area contributed by atoms with Crippen molar-refractivity contribution in [2.24, 2.45) is 0 Å². The molecule has 0 bridgehead atoms. The Balaban J connectivity index is 1.65. The summed E-state index contributed by atoms with van der Waals surface area (Å²) in [5, 5.41) is 12.2. The molecule has 3 aromatic rings. The normalized spacial score (nSPS) is 13.8. The molecule has 1 amide bonds. The number of aliphatic hydroxyl groups excluding tert-OH is 1. The molecule has 4 rings (SSSR count). The number of hydrogen-bond acceptors (Lipinski definition) is 8. The van der Waals surface area contributed by atoms with Crippen molar-refractivity contribution < 1.29 is 28.6 Å². The number of anilines is 1. The molecule has 0 saturated carbocycles. The predicted octanol–water partition coefficient (Wildman–Crippen LogP) is 2.18. The van der Waals surface area contributed by atoms with E-state index in [0.717, 1.165) is 5.56 Å². The number of β-amino-alcohol motifs (C(OH)–C–C–N with tert-alkyl or cyclic N) is 1. The van der Waals surface area contributed by atoms with Crippen molar-refractivity contribution in [2.45, 2.75) is 0 Å². The molecular weight excluding hydrogens is 402 g/mol. The number of methoxy groups -OCH3 is 2. The van der Waals surface area contributed by atoms with E-state index in [2.05, 4.69) is 10.3 Å². The second kappa shape index (κ2) is 8.49. The minimum atomic E-state index is -0.598. The molecule has 1 aliphatic heterocycles. The van der Waals surface area contributed by atoms with Crippen molar-refractivity contribution in [3.8, 4) is 17.2 Å². The number of fused-ring (bicyclic) bond motifs is 1. The molecule has 0 unspecified atom stereocenters. The van der Waals surface area contributed by atoms with Crippen molar-refractivity contribution in [1.82, 2.24) is 9.88 Å². The van der Waals surface area contributed by atoms with E-state index in [1.807, 2.05) is 24.3 Å². The summed E-state index contributed by atoms with van der Waals surface area (Å²) in [6.07, 6.45) is 0. The smallest absolute Gasteiger partial charge is 0.337 e. The van der Waals surface area contributed by atoms with Gasteiger partial charge in [0, 0.05) is 17.8 Å². The number of benzene rings is 2. The van der Waals surface area contributed by atoms with E-state index in [1.165, 1.54) is 12.0 Å². The van der Waals surface area contributed by atoms with Crippen LogP contribution < -0.4 is 10.1 Å². The van der Waals surface area contributed by atoms with Crippen LogP contribution >= 0.6 is 0 Å². The summed E-state index contributed by atoms with van der Waals surface area (Å²) in [6, 6.07) is 12.6. The Morgan fingerprint density at radius 3 is 2.84 bits per heavy atom. The van der Waals surface area contributed by atoms with E-state index < -0.39 is 5.97 Å². The molecule has 0 saturated heterocycles. The molecule has 1 aliphatic rings. The lowest BCUT2D eigenvalue weighted by Gasteiger charge is -2.14. The summed E-state index contributed by atoms with van der Waals surface area (Å²) in [6.45, 7) is -0.0112. The Morgan fingerprint density at radius 1 is 1.26 bits per heavy atom. The molecule has 0 radical (unpaired) electrons. The number of nitrogens with one attached hydrogen (secondary N) is 1. The fourth-order valence-electron chi connectivity index (χ4n) is 3.38. The first-order valence-electron chi connectivity index (χ1n) is 9.57. The third-order valence-corrected chi connectivity index (χ3v) is 4.93. The topological polar surface area (TPSA) is 114 Å². The SMILES string of the molecule is COC(=O)C1=C(Nc2ccc3oc(-c4cccc(OC)c4)nc3c2)C(=O)N(CCO)C1. The van der Waals surface area contributed by atoms with Crippen molar-refractivity contribution >= 4 is 28.7 Å². The van der Waals surface area contributed by atoms with Crippen LogP contribution in [0.4, 0.5) is 5.69 Å². The van der Waals surface area contributed by atoms with E-state index in [4.69, 9.17) is 13.9 Å². The lowest BCUT2D eigenvalue weighted by atomic mass is 10.2. The van der Waals surface area contributed by atoms with Crippen molar-refractivity contribution in [3.05, 3.63) is 53.7 Å². The monoisotopic (exact) mass is 423 g/mol. The van der Waals surface area contributed by atoms with E-state index in [1.54, 1.807) is 25.3 Å². The summed E-state index contributed by atoms with van der Waals surface area (Å²) in [5.74, 6) is 0.147. The molecule has 0 fully saturated rings. The highest BCUT2D eigenvalue weighted by Crippen LogP contribution is 2.29. The molecule has 9 heteroatoms. The van der Waals surface area contributed by atoms with Gasteiger partial charge in [0.05, 0.1) is 32.9 Å². The first kappa shape index (κ1) is 20.4. The van der Waals surface area contributed by atoms with Gasteiger partial charge >= 0.3 is 5.97 Å². The Bertz CT molecular complexity index is 1180. The summed E-state index contributed by atoms with van der Waals surface area (Å²) < 4.78 is 15.9. The first-order chi connectivity index (χ1) is 15.0. The third kappa shape index (κ3) is 3.95. The number of nitrogens with zero attached hydrogens (tertiary/aromatic N) is 2. The standard InChI is InChI=1S/C22H21N3O6/c1-29-15-5-3-4-13(10-15)20-24-17-11-14(6-7-18(17)31-20)23-19-16(22(28)30-2)12-25(8-9-26)21(19)27/h3-7,10-11,23,26H,8-9,12H2,1-2H3. The third-order valence-electron chi connectivity index (χ3n) is 4.93. The zero-order valence-electron chi connectivity index (χ0n) is 17.0. The summed E-state index contributed by atoms with van der Waals surface area (Å²) in [7, 11) is 2.85. The number of rotatable bonds is 7. The average Bonchev–Trinajstić information content (AvgIpc) is 3.35. The number of amides is 1. The van der Waals surface area contributed by atoms with Crippen LogP contribution in [0.25, 0.3) is 22.6 Å². The van der Waals surface area contributed by atoms with E-state index >= 15 is 0 Å². The number of aromatic nitrogens is 1. The molecule has 160 valence electrons. The minimum absolute atomic E-state index is 0.0700. The highest BCUT2D eigenvalue weighted by atomic mass is 16.5. The number of esters is 1. The van der Waals surface area contributed by atoms with Crippen LogP contribution in [-0.2, 0) is 14.3 Å². The highest BCUT2D eigenvalue weighted by Gasteiger charge is 2.34. The van der Waals surface area contributed by atoms with Gasteiger partial charge in [-0.3, -0.25) is 4.79 Å². The molecule has 2 N–H and O–H groups in total. The Morgan fingerprint density at radius 2 is 2.10 bits per heavy atom. The maximum absolute atomic E-state index is 12.7. The maximum Gasteiger partial charge on any atom is 0.337 e. The van der Waals surface area contributed by atoms with E-state index in [9.17, 15) is 14.7 Å². The van der Waals surface area contributed by atoms with Crippen LogP contribution in [0.3, 0.4) is 0 Å². The first-order valence-corrected chi connectivity index (χ1v) is 9.57. The van der Waals surface area contributed by atoms with Crippen molar-refractivity contribution in [2.75, 3.05) is 39.2 Å². The number of hydrogen-bond donors (Lipinski definition) is 2. The molecular formula is C22H21N3O6. The van der Waals surface area contributed by atoms with Crippen LogP contribution in [0.15, 0.2) is 58.2 Å². The molecule has 31 heavy (non-hydrogen) atoms. The Hall–Kier alpha value is -3.85. The number of oxazole rings is 1. The largest absolute Gasteiger partial charge is 0.497 e. The second-order valence-corrected chi connectivity index (χ2v) is 6.85. The number of aliphatic hydroxyl groups is 1. The van der Waals surface area contributed by atoms with Crippen molar-refractivity contribution in [1.29, 1.82) is 0 Å².